The highest BCUT2D eigenvalue weighted by Crippen LogP contribution is 2.45. The molecule has 4 heteroatoms. The van der Waals surface area contributed by atoms with Gasteiger partial charge in [-0.25, -0.2) is 4.98 Å². The van der Waals surface area contributed by atoms with Crippen LogP contribution in [-0.4, -0.2) is 10.9 Å². The lowest BCUT2D eigenvalue weighted by Crippen LogP contribution is -2.59. The van der Waals surface area contributed by atoms with Gasteiger partial charge in [0.2, 0.25) is 5.91 Å². The fourth-order valence-electron chi connectivity index (χ4n) is 1.71. The number of hydrogen-bond donors (Lipinski definition) is 1. The van der Waals surface area contributed by atoms with Crippen LogP contribution in [0.4, 0.5) is 0 Å². The maximum atomic E-state index is 11.4. The van der Waals surface area contributed by atoms with Crippen LogP contribution in [0.3, 0.4) is 0 Å². The van der Waals surface area contributed by atoms with E-state index in [1.807, 2.05) is 26.2 Å². The summed E-state index contributed by atoms with van der Waals surface area (Å²) in [6.07, 6.45) is 0.863. The maximum absolute atomic E-state index is 11.4. The van der Waals surface area contributed by atoms with Gasteiger partial charge < -0.3 is 5.32 Å². The van der Waals surface area contributed by atoms with Gasteiger partial charge in [0.05, 0.1) is 11.5 Å². The Hall–Kier alpha value is -0.900. The van der Waals surface area contributed by atoms with Crippen LogP contribution in [0.25, 0.3) is 0 Å². The molecule has 1 aromatic heterocycles. The van der Waals surface area contributed by atoms with Crippen molar-refractivity contribution in [1.29, 1.82) is 0 Å². The van der Waals surface area contributed by atoms with Gasteiger partial charge in [-0.05, 0) is 20.3 Å². The van der Waals surface area contributed by atoms with Crippen molar-refractivity contribution in [1.82, 2.24) is 10.3 Å². The topological polar surface area (TPSA) is 42.0 Å². The lowest BCUT2D eigenvalue weighted by Gasteiger charge is -2.44. The second kappa shape index (κ2) is 3.05. The predicted molar refractivity (Wildman–Crippen MR) is 56.1 cm³/mol. The Labute approximate surface area is 87.6 Å². The Morgan fingerprint density at radius 3 is 2.86 bits per heavy atom. The second-order valence-corrected chi connectivity index (χ2v) is 4.89. The second-order valence-electron chi connectivity index (χ2n) is 4.00. The van der Waals surface area contributed by atoms with Crippen LogP contribution in [-0.2, 0) is 4.79 Å². The highest BCUT2D eigenvalue weighted by atomic mass is 32.1. The van der Waals surface area contributed by atoms with Crippen LogP contribution in [0, 0.1) is 12.3 Å². The number of carbonyl (C=O) groups is 1. The normalized spacial score (nSPS) is 31.1. The molecule has 3 nitrogen and oxygen atoms in total. The summed E-state index contributed by atoms with van der Waals surface area (Å²) in [6.45, 7) is 6.03. The molecule has 2 heterocycles. The summed E-state index contributed by atoms with van der Waals surface area (Å²) < 4.78 is 0. The van der Waals surface area contributed by atoms with Gasteiger partial charge in [0.1, 0.15) is 5.01 Å². The average Bonchev–Trinajstić information content (AvgIpc) is 2.59. The highest BCUT2D eigenvalue weighted by molar-refractivity contribution is 7.09. The highest BCUT2D eigenvalue weighted by Gasteiger charge is 2.51. The quantitative estimate of drug-likeness (QED) is 0.759. The molecule has 0 spiro atoms. The van der Waals surface area contributed by atoms with E-state index >= 15 is 0 Å². The molecule has 1 N–H and O–H groups in total. The van der Waals surface area contributed by atoms with Crippen molar-refractivity contribution in [3.8, 4) is 0 Å². The standard InChI is InChI=1S/C10H14N2OS/c1-4-10(3)7(12-9(10)13)8-11-6(2)5-14-8/h5,7H,4H2,1-3H3,(H,12,13). The number of hydrogen-bond acceptors (Lipinski definition) is 3. The van der Waals surface area contributed by atoms with E-state index in [0.717, 1.165) is 17.1 Å². The fraction of sp³-hybridized carbons (Fsp3) is 0.600. The Bertz CT molecular complexity index is 374. The third-order valence-corrected chi connectivity index (χ3v) is 4.08. The monoisotopic (exact) mass is 210 g/mol. The zero-order chi connectivity index (χ0) is 10.3. The number of β-lactam (4-membered cyclic amide) rings is 1. The largest absolute Gasteiger partial charge is 0.345 e. The molecule has 2 atom stereocenters. The first-order valence-electron chi connectivity index (χ1n) is 4.81. The summed E-state index contributed by atoms with van der Waals surface area (Å²) in [5.41, 5.74) is 0.786. The Balaban J connectivity index is 2.26. The molecule has 0 radical (unpaired) electrons. The van der Waals surface area contributed by atoms with Gasteiger partial charge >= 0.3 is 0 Å². The van der Waals surface area contributed by atoms with Crippen molar-refractivity contribution in [2.75, 3.05) is 0 Å². The molecule has 76 valence electrons. The van der Waals surface area contributed by atoms with Gasteiger partial charge in [-0.2, -0.15) is 0 Å². The lowest BCUT2D eigenvalue weighted by atomic mass is 9.72. The van der Waals surface area contributed by atoms with E-state index in [1.165, 1.54) is 0 Å². The molecular weight excluding hydrogens is 196 g/mol. The van der Waals surface area contributed by atoms with Crippen LogP contribution >= 0.6 is 11.3 Å². The molecule has 14 heavy (non-hydrogen) atoms. The lowest BCUT2D eigenvalue weighted by molar-refractivity contribution is -0.145. The van der Waals surface area contributed by atoms with Gasteiger partial charge in [-0.1, -0.05) is 6.92 Å². The summed E-state index contributed by atoms with van der Waals surface area (Å²) in [6, 6.07) is 0.124. The number of aryl methyl sites for hydroxylation is 1. The van der Waals surface area contributed by atoms with Gasteiger partial charge in [0.15, 0.2) is 0 Å². The van der Waals surface area contributed by atoms with Crippen LogP contribution in [0.15, 0.2) is 5.38 Å². The van der Waals surface area contributed by atoms with Crippen molar-refractivity contribution >= 4 is 17.2 Å². The molecule has 1 fully saturated rings. The van der Waals surface area contributed by atoms with Crippen LogP contribution < -0.4 is 5.32 Å². The minimum absolute atomic E-state index is 0.124. The predicted octanol–water partition coefficient (Wildman–Crippen LogP) is 2.04. The fourth-order valence-corrected chi connectivity index (χ4v) is 2.71. The number of nitrogens with zero attached hydrogens (tertiary/aromatic N) is 1. The molecule has 2 rings (SSSR count). The molecule has 1 aromatic rings. The first-order chi connectivity index (χ1) is 6.58. The smallest absolute Gasteiger partial charge is 0.229 e. The summed E-state index contributed by atoms with van der Waals surface area (Å²) in [5.74, 6) is 0.151. The molecular formula is C10H14N2OS. The molecule has 1 aliphatic heterocycles. The molecule has 1 amide bonds. The Morgan fingerprint density at radius 1 is 1.71 bits per heavy atom. The molecule has 0 aromatic carbocycles. The van der Waals surface area contributed by atoms with Gasteiger partial charge in [-0.3, -0.25) is 4.79 Å². The zero-order valence-electron chi connectivity index (χ0n) is 8.63. The van der Waals surface area contributed by atoms with E-state index < -0.39 is 0 Å². The Morgan fingerprint density at radius 2 is 2.43 bits per heavy atom. The molecule has 1 saturated heterocycles. The van der Waals surface area contributed by atoms with E-state index in [1.54, 1.807) is 11.3 Å². The zero-order valence-corrected chi connectivity index (χ0v) is 9.44. The minimum Gasteiger partial charge on any atom is -0.345 e. The summed E-state index contributed by atoms with van der Waals surface area (Å²) in [7, 11) is 0. The van der Waals surface area contributed by atoms with E-state index in [4.69, 9.17) is 0 Å². The third kappa shape index (κ3) is 1.17. The van der Waals surface area contributed by atoms with Gasteiger partial charge in [-0.15, -0.1) is 11.3 Å². The maximum Gasteiger partial charge on any atom is 0.229 e. The number of amides is 1. The number of thiazole rings is 1. The van der Waals surface area contributed by atoms with E-state index in [2.05, 4.69) is 10.3 Å². The molecule has 1 aliphatic rings. The first kappa shape index (κ1) is 9.65. The number of aromatic nitrogens is 1. The van der Waals surface area contributed by atoms with Crippen molar-refractivity contribution in [3.63, 3.8) is 0 Å². The SMILES string of the molecule is CCC1(C)C(=O)NC1c1nc(C)cs1. The van der Waals surface area contributed by atoms with E-state index in [0.29, 0.717) is 0 Å². The first-order valence-corrected chi connectivity index (χ1v) is 5.69. The van der Waals surface area contributed by atoms with Gasteiger partial charge in [0.25, 0.3) is 0 Å². The van der Waals surface area contributed by atoms with Crippen LogP contribution in [0.1, 0.15) is 37.0 Å². The number of carbonyl (C=O) groups excluding carboxylic acids is 1. The van der Waals surface area contributed by atoms with Crippen molar-refractivity contribution in [2.45, 2.75) is 33.2 Å². The summed E-state index contributed by atoms with van der Waals surface area (Å²) in [4.78, 5) is 15.9. The third-order valence-electron chi connectivity index (χ3n) is 3.05. The average molecular weight is 210 g/mol. The molecule has 0 saturated carbocycles. The van der Waals surface area contributed by atoms with E-state index in [9.17, 15) is 4.79 Å². The Kier molecular flexibility index (Phi) is 2.10. The van der Waals surface area contributed by atoms with Crippen molar-refractivity contribution in [2.24, 2.45) is 5.41 Å². The minimum atomic E-state index is -0.246. The van der Waals surface area contributed by atoms with Crippen molar-refractivity contribution < 1.29 is 4.79 Å². The van der Waals surface area contributed by atoms with Crippen molar-refractivity contribution in [3.05, 3.63) is 16.1 Å². The summed E-state index contributed by atoms with van der Waals surface area (Å²) in [5, 5.41) is 5.98. The molecule has 2 unspecified atom stereocenters. The number of rotatable bonds is 2. The van der Waals surface area contributed by atoms with Gasteiger partial charge in [0, 0.05) is 11.1 Å². The van der Waals surface area contributed by atoms with Crippen LogP contribution in [0.2, 0.25) is 0 Å². The molecule has 0 aliphatic carbocycles. The number of nitrogens with one attached hydrogen (secondary N) is 1. The summed E-state index contributed by atoms with van der Waals surface area (Å²) >= 11 is 1.63. The van der Waals surface area contributed by atoms with E-state index in [-0.39, 0.29) is 17.4 Å². The van der Waals surface area contributed by atoms with Crippen LogP contribution in [0.5, 0.6) is 0 Å². The molecule has 0 bridgehead atoms.